The van der Waals surface area contributed by atoms with Gasteiger partial charge in [-0.1, -0.05) is 49.3 Å². The molecule has 0 heteroatoms. The van der Waals surface area contributed by atoms with E-state index < -0.39 is 0 Å². The standard InChI is InChI=1S/C17H18/c1-4-9-13-12-14-10-7-8-11-17(14)16(6-3)15(13)5-2/h2,4,7-11,16H,6,12H2,1,3H3/b9-4-. The molecule has 1 aliphatic carbocycles. The lowest BCUT2D eigenvalue weighted by molar-refractivity contribution is 0.744. The summed E-state index contributed by atoms with van der Waals surface area (Å²) in [6, 6.07) is 8.65. The molecule has 1 atom stereocenters. The van der Waals surface area contributed by atoms with Crippen LogP contribution in [0.25, 0.3) is 0 Å². The topological polar surface area (TPSA) is 0 Å². The van der Waals surface area contributed by atoms with E-state index in [-0.39, 0.29) is 0 Å². The molecule has 0 N–H and O–H groups in total. The predicted octanol–water partition coefficient (Wildman–Crippen LogP) is 4.24. The molecular formula is C17H18. The van der Waals surface area contributed by atoms with Gasteiger partial charge >= 0.3 is 0 Å². The molecule has 0 bridgehead atoms. The second-order valence-electron chi connectivity index (χ2n) is 4.42. The molecule has 0 fully saturated rings. The monoisotopic (exact) mass is 222 g/mol. The van der Waals surface area contributed by atoms with Crippen molar-refractivity contribution < 1.29 is 0 Å². The van der Waals surface area contributed by atoms with Gasteiger partial charge in [0.05, 0.1) is 0 Å². The van der Waals surface area contributed by atoms with Gasteiger partial charge in [0, 0.05) is 11.5 Å². The van der Waals surface area contributed by atoms with Gasteiger partial charge in [-0.2, -0.15) is 0 Å². The van der Waals surface area contributed by atoms with Crippen molar-refractivity contribution in [1.29, 1.82) is 0 Å². The summed E-state index contributed by atoms with van der Waals surface area (Å²) in [5.41, 5.74) is 5.31. The van der Waals surface area contributed by atoms with E-state index >= 15 is 0 Å². The first-order valence-electron chi connectivity index (χ1n) is 6.22. The van der Waals surface area contributed by atoms with E-state index in [2.05, 4.69) is 49.3 Å². The van der Waals surface area contributed by atoms with Crippen molar-refractivity contribution in [3.8, 4) is 12.3 Å². The minimum atomic E-state index is 0.399. The fraction of sp³-hybridized carbons (Fsp3) is 0.294. The molecule has 0 saturated carbocycles. The zero-order valence-electron chi connectivity index (χ0n) is 10.5. The highest BCUT2D eigenvalue weighted by Crippen LogP contribution is 2.38. The molecule has 0 radical (unpaired) electrons. The summed E-state index contributed by atoms with van der Waals surface area (Å²) in [6.07, 6.45) is 12.0. The third kappa shape index (κ3) is 2.06. The molecule has 1 aromatic rings. The highest BCUT2D eigenvalue weighted by Gasteiger charge is 2.23. The zero-order valence-corrected chi connectivity index (χ0v) is 10.5. The Labute approximate surface area is 104 Å². The van der Waals surface area contributed by atoms with Crippen LogP contribution in [0.2, 0.25) is 0 Å². The van der Waals surface area contributed by atoms with Crippen LogP contribution in [0, 0.1) is 12.3 Å². The second kappa shape index (κ2) is 5.06. The Kier molecular flexibility index (Phi) is 3.49. The van der Waals surface area contributed by atoms with E-state index in [1.54, 1.807) is 0 Å². The van der Waals surface area contributed by atoms with Crippen LogP contribution in [-0.2, 0) is 6.42 Å². The van der Waals surface area contributed by atoms with Gasteiger partial charge in [-0.25, -0.2) is 0 Å². The van der Waals surface area contributed by atoms with Gasteiger partial charge in [-0.15, -0.1) is 6.42 Å². The summed E-state index contributed by atoms with van der Waals surface area (Å²) in [7, 11) is 0. The Morgan fingerprint density at radius 2 is 2.18 bits per heavy atom. The van der Waals surface area contributed by atoms with Crippen LogP contribution in [0.5, 0.6) is 0 Å². The molecule has 2 rings (SSSR count). The fourth-order valence-electron chi connectivity index (χ4n) is 2.68. The summed E-state index contributed by atoms with van der Waals surface area (Å²) < 4.78 is 0. The largest absolute Gasteiger partial charge is 0.115 e. The van der Waals surface area contributed by atoms with E-state index in [1.165, 1.54) is 22.3 Å². The van der Waals surface area contributed by atoms with Crippen molar-refractivity contribution in [1.82, 2.24) is 0 Å². The Bertz CT molecular complexity index is 509. The maximum Gasteiger partial charge on any atom is 0.0172 e. The molecule has 0 aliphatic heterocycles. The number of hydrogen-bond acceptors (Lipinski definition) is 0. The number of rotatable bonds is 2. The summed E-state index contributed by atoms with van der Waals surface area (Å²) in [4.78, 5) is 0. The Morgan fingerprint density at radius 1 is 1.41 bits per heavy atom. The molecule has 0 amide bonds. The van der Waals surface area contributed by atoms with Crippen LogP contribution in [0.1, 0.15) is 37.3 Å². The van der Waals surface area contributed by atoms with Gasteiger partial charge < -0.3 is 0 Å². The minimum absolute atomic E-state index is 0.399. The van der Waals surface area contributed by atoms with Gasteiger partial charge in [0.25, 0.3) is 0 Å². The first-order chi connectivity index (χ1) is 8.31. The van der Waals surface area contributed by atoms with Crippen LogP contribution in [0.4, 0.5) is 0 Å². The summed E-state index contributed by atoms with van der Waals surface area (Å²) in [5, 5.41) is 0. The average molecular weight is 222 g/mol. The van der Waals surface area contributed by atoms with Crippen LogP contribution in [0.3, 0.4) is 0 Å². The average Bonchev–Trinajstić information content (AvgIpc) is 2.37. The van der Waals surface area contributed by atoms with Gasteiger partial charge in [0.1, 0.15) is 0 Å². The SMILES string of the molecule is C#CC1=C(/C=C\C)Cc2ccccc2C1CC. The maximum absolute atomic E-state index is 5.71. The molecular weight excluding hydrogens is 204 g/mol. The van der Waals surface area contributed by atoms with E-state index in [0.29, 0.717) is 5.92 Å². The Hall–Kier alpha value is -1.74. The molecule has 17 heavy (non-hydrogen) atoms. The van der Waals surface area contributed by atoms with Crippen molar-refractivity contribution in [2.45, 2.75) is 32.6 Å². The van der Waals surface area contributed by atoms with Crippen LogP contribution in [0.15, 0.2) is 47.6 Å². The Balaban J connectivity index is 2.56. The number of terminal acetylenes is 1. The highest BCUT2D eigenvalue weighted by atomic mass is 14.3. The lowest BCUT2D eigenvalue weighted by atomic mass is 9.77. The lowest BCUT2D eigenvalue weighted by Crippen LogP contribution is -2.13. The van der Waals surface area contributed by atoms with E-state index in [0.717, 1.165) is 12.8 Å². The van der Waals surface area contributed by atoms with Gasteiger partial charge in [-0.05, 0) is 36.5 Å². The molecule has 1 aromatic carbocycles. The van der Waals surface area contributed by atoms with Crippen molar-refractivity contribution in [3.05, 3.63) is 58.7 Å². The number of hydrogen-bond donors (Lipinski definition) is 0. The van der Waals surface area contributed by atoms with E-state index in [4.69, 9.17) is 6.42 Å². The molecule has 0 nitrogen and oxygen atoms in total. The lowest BCUT2D eigenvalue weighted by Gasteiger charge is -2.26. The first kappa shape index (κ1) is 11.7. The number of benzene rings is 1. The smallest absolute Gasteiger partial charge is 0.0172 e. The van der Waals surface area contributed by atoms with Crippen LogP contribution in [-0.4, -0.2) is 0 Å². The molecule has 86 valence electrons. The fourth-order valence-corrected chi connectivity index (χ4v) is 2.68. The van der Waals surface area contributed by atoms with Crippen molar-refractivity contribution in [3.63, 3.8) is 0 Å². The summed E-state index contributed by atoms with van der Waals surface area (Å²) in [6.45, 7) is 4.25. The van der Waals surface area contributed by atoms with Crippen LogP contribution < -0.4 is 0 Å². The molecule has 1 aliphatic rings. The van der Waals surface area contributed by atoms with Crippen molar-refractivity contribution in [2.75, 3.05) is 0 Å². The molecule has 0 aromatic heterocycles. The number of allylic oxidation sites excluding steroid dienone is 4. The maximum atomic E-state index is 5.71. The van der Waals surface area contributed by atoms with Gasteiger partial charge in [0.15, 0.2) is 0 Å². The minimum Gasteiger partial charge on any atom is -0.115 e. The van der Waals surface area contributed by atoms with Crippen LogP contribution >= 0.6 is 0 Å². The molecule has 0 saturated heterocycles. The third-order valence-corrected chi connectivity index (χ3v) is 3.44. The zero-order chi connectivity index (χ0) is 12.3. The second-order valence-corrected chi connectivity index (χ2v) is 4.42. The van der Waals surface area contributed by atoms with Crippen molar-refractivity contribution >= 4 is 0 Å². The molecule has 0 spiro atoms. The van der Waals surface area contributed by atoms with E-state index in [1.807, 2.05) is 6.92 Å². The van der Waals surface area contributed by atoms with Gasteiger partial charge in [-0.3, -0.25) is 0 Å². The van der Waals surface area contributed by atoms with Gasteiger partial charge in [0.2, 0.25) is 0 Å². The predicted molar refractivity (Wildman–Crippen MR) is 73.9 cm³/mol. The third-order valence-electron chi connectivity index (χ3n) is 3.44. The van der Waals surface area contributed by atoms with E-state index in [9.17, 15) is 0 Å². The molecule has 0 heterocycles. The summed E-state index contributed by atoms with van der Waals surface area (Å²) >= 11 is 0. The highest BCUT2D eigenvalue weighted by molar-refractivity contribution is 5.53. The summed E-state index contributed by atoms with van der Waals surface area (Å²) in [5.74, 6) is 3.31. The Morgan fingerprint density at radius 3 is 2.82 bits per heavy atom. The molecule has 1 unspecified atom stereocenters. The number of fused-ring (bicyclic) bond motifs is 1. The van der Waals surface area contributed by atoms with Crippen molar-refractivity contribution in [2.24, 2.45) is 0 Å². The normalized spacial score (nSPS) is 19.2. The first-order valence-corrected chi connectivity index (χ1v) is 6.22. The quantitative estimate of drug-likeness (QED) is 0.656.